The molecule has 0 saturated heterocycles. The average molecular weight is 307 g/mol. The molecule has 0 heterocycles. The first kappa shape index (κ1) is 18.0. The molecule has 0 fully saturated rings. The van der Waals surface area contributed by atoms with Crippen LogP contribution in [0, 0.1) is 0 Å². The number of hydrogen-bond acceptors (Lipinski definition) is 3. The van der Waals surface area contributed by atoms with E-state index in [4.69, 9.17) is 5.11 Å². The summed E-state index contributed by atoms with van der Waals surface area (Å²) in [6, 6.07) is 9.10. The van der Waals surface area contributed by atoms with E-state index in [1.54, 1.807) is 11.8 Å². The predicted molar refractivity (Wildman–Crippen MR) is 85.7 cm³/mol. The van der Waals surface area contributed by atoms with Crippen LogP contribution in [-0.4, -0.2) is 60.1 Å². The molecule has 6 heteroatoms. The van der Waals surface area contributed by atoms with Gasteiger partial charge in [0.2, 0.25) is 0 Å². The molecule has 0 aliphatic carbocycles. The summed E-state index contributed by atoms with van der Waals surface area (Å²) in [5.74, 6) is -0.921. The average Bonchev–Trinajstić information content (AvgIpc) is 2.43. The molecule has 1 aromatic rings. The summed E-state index contributed by atoms with van der Waals surface area (Å²) in [6.45, 7) is 3.51. The molecule has 0 spiro atoms. The number of carboxylic acids is 1. The first-order valence-electron chi connectivity index (χ1n) is 7.34. The zero-order valence-electron chi connectivity index (χ0n) is 13.5. The van der Waals surface area contributed by atoms with E-state index in [1.165, 1.54) is 0 Å². The van der Waals surface area contributed by atoms with Gasteiger partial charge in [-0.05, 0) is 26.6 Å². The van der Waals surface area contributed by atoms with Crippen molar-refractivity contribution in [3.63, 3.8) is 0 Å². The number of rotatable bonds is 8. The Balaban J connectivity index is 2.67. The second-order valence-electron chi connectivity index (χ2n) is 5.66. The van der Waals surface area contributed by atoms with E-state index in [2.05, 4.69) is 5.32 Å². The Bertz CT molecular complexity index is 477. The number of nitrogens with one attached hydrogen (secondary N) is 1. The number of carboxylic acid groups (broad SMARTS) is 1. The summed E-state index contributed by atoms with van der Waals surface area (Å²) >= 11 is 0. The molecule has 22 heavy (non-hydrogen) atoms. The van der Waals surface area contributed by atoms with Crippen molar-refractivity contribution in [1.29, 1.82) is 0 Å². The van der Waals surface area contributed by atoms with Crippen LogP contribution in [0.15, 0.2) is 30.3 Å². The van der Waals surface area contributed by atoms with Gasteiger partial charge in [-0.25, -0.2) is 4.79 Å². The summed E-state index contributed by atoms with van der Waals surface area (Å²) < 4.78 is 0. The van der Waals surface area contributed by atoms with E-state index in [0.29, 0.717) is 13.1 Å². The third kappa shape index (κ3) is 7.08. The summed E-state index contributed by atoms with van der Waals surface area (Å²) in [7, 11) is 3.90. The maximum atomic E-state index is 12.4. The Morgan fingerprint density at radius 3 is 2.36 bits per heavy atom. The molecule has 0 aliphatic rings. The van der Waals surface area contributed by atoms with Gasteiger partial charge in [0, 0.05) is 25.7 Å². The highest BCUT2D eigenvalue weighted by molar-refractivity contribution is 5.75. The van der Waals surface area contributed by atoms with Crippen LogP contribution in [0.3, 0.4) is 0 Å². The van der Waals surface area contributed by atoms with Gasteiger partial charge in [0.25, 0.3) is 0 Å². The van der Waals surface area contributed by atoms with Crippen LogP contribution < -0.4 is 5.32 Å². The van der Waals surface area contributed by atoms with E-state index in [1.807, 2.05) is 49.3 Å². The Hall–Kier alpha value is -2.08. The summed E-state index contributed by atoms with van der Waals surface area (Å²) in [5.41, 5.74) is 1.04. The maximum Gasteiger partial charge on any atom is 0.317 e. The van der Waals surface area contributed by atoms with Crippen molar-refractivity contribution in [3.05, 3.63) is 35.9 Å². The molecule has 1 atom stereocenters. The van der Waals surface area contributed by atoms with Crippen molar-refractivity contribution in [3.8, 4) is 0 Å². The molecule has 0 aromatic heterocycles. The Morgan fingerprint density at radius 2 is 1.82 bits per heavy atom. The topological polar surface area (TPSA) is 72.9 Å². The molecule has 2 amide bonds. The normalized spacial score (nSPS) is 12.0. The quantitative estimate of drug-likeness (QED) is 0.765. The molecule has 1 rings (SSSR count). The highest BCUT2D eigenvalue weighted by Crippen LogP contribution is 2.05. The lowest BCUT2D eigenvalue weighted by molar-refractivity contribution is -0.137. The van der Waals surface area contributed by atoms with Crippen molar-refractivity contribution < 1.29 is 14.7 Å². The lowest BCUT2D eigenvalue weighted by Crippen LogP contribution is -2.46. The Labute approximate surface area is 131 Å². The van der Waals surface area contributed by atoms with E-state index in [-0.39, 0.29) is 12.5 Å². The van der Waals surface area contributed by atoms with Gasteiger partial charge in [0.05, 0.1) is 6.42 Å². The van der Waals surface area contributed by atoms with Crippen molar-refractivity contribution in [2.45, 2.75) is 25.9 Å². The van der Waals surface area contributed by atoms with E-state index < -0.39 is 12.0 Å². The lowest BCUT2D eigenvalue weighted by atomic mass is 10.2. The van der Waals surface area contributed by atoms with E-state index in [9.17, 15) is 9.59 Å². The SMILES string of the molecule is C[C@H](CC(=O)O)NC(=O)N(CCN(C)C)Cc1ccccc1. The van der Waals surface area contributed by atoms with Crippen LogP contribution in [0.1, 0.15) is 18.9 Å². The fraction of sp³-hybridized carbons (Fsp3) is 0.500. The summed E-state index contributed by atoms with van der Waals surface area (Å²) in [5, 5.41) is 11.5. The zero-order valence-corrected chi connectivity index (χ0v) is 13.5. The van der Waals surface area contributed by atoms with Gasteiger partial charge in [0.1, 0.15) is 0 Å². The third-order valence-corrected chi connectivity index (χ3v) is 3.17. The second-order valence-corrected chi connectivity index (χ2v) is 5.66. The van der Waals surface area contributed by atoms with Gasteiger partial charge in [0.15, 0.2) is 0 Å². The van der Waals surface area contributed by atoms with Gasteiger partial charge in [-0.2, -0.15) is 0 Å². The van der Waals surface area contributed by atoms with Crippen LogP contribution in [0.25, 0.3) is 0 Å². The number of benzene rings is 1. The standard InChI is InChI=1S/C16H25N3O3/c1-13(11-15(20)21)17-16(22)19(10-9-18(2)3)12-14-7-5-4-6-8-14/h4-8,13H,9-12H2,1-3H3,(H,17,22)(H,20,21)/t13-/m1/s1. The number of carbonyl (C=O) groups is 2. The summed E-state index contributed by atoms with van der Waals surface area (Å²) in [4.78, 5) is 26.8. The van der Waals surface area contributed by atoms with E-state index >= 15 is 0 Å². The molecule has 0 saturated carbocycles. The van der Waals surface area contributed by atoms with Gasteiger partial charge < -0.3 is 20.2 Å². The zero-order chi connectivity index (χ0) is 16.5. The number of hydrogen-bond donors (Lipinski definition) is 2. The molecular weight excluding hydrogens is 282 g/mol. The number of aliphatic carboxylic acids is 1. The first-order chi connectivity index (χ1) is 10.4. The molecule has 2 N–H and O–H groups in total. The van der Waals surface area contributed by atoms with Crippen molar-refractivity contribution >= 4 is 12.0 Å². The minimum Gasteiger partial charge on any atom is -0.481 e. The minimum atomic E-state index is -0.921. The molecule has 0 aliphatic heterocycles. The minimum absolute atomic E-state index is 0.0847. The van der Waals surface area contributed by atoms with Crippen LogP contribution in [0.4, 0.5) is 4.79 Å². The highest BCUT2D eigenvalue weighted by Gasteiger charge is 2.17. The number of likely N-dealkylation sites (N-methyl/N-ethyl adjacent to an activating group) is 1. The highest BCUT2D eigenvalue weighted by atomic mass is 16.4. The third-order valence-electron chi connectivity index (χ3n) is 3.17. The fourth-order valence-electron chi connectivity index (χ4n) is 1.99. The van der Waals surface area contributed by atoms with Crippen LogP contribution in [-0.2, 0) is 11.3 Å². The van der Waals surface area contributed by atoms with Crippen LogP contribution in [0.5, 0.6) is 0 Å². The molecule has 0 bridgehead atoms. The summed E-state index contributed by atoms with van der Waals surface area (Å²) in [6.07, 6.45) is -0.0847. The molecule has 0 unspecified atom stereocenters. The van der Waals surface area contributed by atoms with Crippen molar-refractivity contribution in [2.24, 2.45) is 0 Å². The van der Waals surface area contributed by atoms with Crippen molar-refractivity contribution in [2.75, 3.05) is 27.2 Å². The largest absolute Gasteiger partial charge is 0.481 e. The monoisotopic (exact) mass is 307 g/mol. The molecule has 6 nitrogen and oxygen atoms in total. The van der Waals surface area contributed by atoms with Crippen molar-refractivity contribution in [1.82, 2.24) is 15.1 Å². The Kier molecular flexibility index (Phi) is 7.39. The second kappa shape index (κ2) is 9.04. The van der Waals surface area contributed by atoms with Gasteiger partial charge in [-0.15, -0.1) is 0 Å². The molecule has 122 valence electrons. The predicted octanol–water partition coefficient (Wildman–Crippen LogP) is 1.62. The smallest absolute Gasteiger partial charge is 0.317 e. The number of carbonyl (C=O) groups excluding carboxylic acids is 1. The van der Waals surface area contributed by atoms with Gasteiger partial charge in [-0.1, -0.05) is 30.3 Å². The maximum absolute atomic E-state index is 12.4. The molecule has 0 radical (unpaired) electrons. The van der Waals surface area contributed by atoms with Gasteiger partial charge in [-0.3, -0.25) is 4.79 Å². The number of nitrogens with zero attached hydrogens (tertiary/aromatic N) is 2. The number of amides is 2. The van der Waals surface area contributed by atoms with Crippen LogP contribution in [0.2, 0.25) is 0 Å². The van der Waals surface area contributed by atoms with E-state index in [0.717, 1.165) is 12.1 Å². The molecular formula is C16H25N3O3. The number of urea groups is 1. The first-order valence-corrected chi connectivity index (χ1v) is 7.34. The fourth-order valence-corrected chi connectivity index (χ4v) is 1.99. The van der Waals surface area contributed by atoms with Crippen LogP contribution >= 0.6 is 0 Å². The molecule has 1 aromatic carbocycles. The Morgan fingerprint density at radius 1 is 1.18 bits per heavy atom. The lowest BCUT2D eigenvalue weighted by Gasteiger charge is -2.26. The van der Waals surface area contributed by atoms with Gasteiger partial charge >= 0.3 is 12.0 Å².